The maximum absolute atomic E-state index is 11.7. The molecule has 0 unspecified atom stereocenters. The molecule has 0 fully saturated rings. The molecule has 7 heteroatoms. The topological polar surface area (TPSA) is 91.4 Å². The van der Waals surface area contributed by atoms with Gasteiger partial charge in [0, 0.05) is 12.1 Å². The third kappa shape index (κ3) is 4.18. The largest absolute Gasteiger partial charge is 0.464 e. The zero-order valence-corrected chi connectivity index (χ0v) is 11.8. The van der Waals surface area contributed by atoms with Crippen molar-refractivity contribution < 1.29 is 14.5 Å². The highest BCUT2D eigenvalue weighted by Crippen LogP contribution is 2.14. The molecule has 0 amide bonds. The second-order valence-electron chi connectivity index (χ2n) is 4.89. The highest BCUT2D eigenvalue weighted by atomic mass is 16.6. The fourth-order valence-electron chi connectivity index (χ4n) is 1.64. The van der Waals surface area contributed by atoms with Gasteiger partial charge in [-0.05, 0) is 19.3 Å². The van der Waals surface area contributed by atoms with Crippen molar-refractivity contribution in [1.29, 1.82) is 0 Å². The van der Waals surface area contributed by atoms with E-state index in [9.17, 15) is 19.7 Å². The average Bonchev–Trinajstić information content (AvgIpc) is 2.33. The molecule has 0 radical (unpaired) electrons. The average molecular weight is 282 g/mol. The summed E-state index contributed by atoms with van der Waals surface area (Å²) in [7, 11) is 0. The monoisotopic (exact) mass is 282 g/mol. The lowest BCUT2D eigenvalue weighted by atomic mass is 10.1. The molecule has 0 saturated heterocycles. The molecule has 1 heterocycles. The van der Waals surface area contributed by atoms with Crippen molar-refractivity contribution >= 4 is 11.7 Å². The van der Waals surface area contributed by atoms with Gasteiger partial charge in [0.15, 0.2) is 0 Å². The Morgan fingerprint density at radius 3 is 2.65 bits per heavy atom. The van der Waals surface area contributed by atoms with Crippen molar-refractivity contribution in [3.63, 3.8) is 0 Å². The fraction of sp³-hybridized carbons (Fsp3) is 0.538. The van der Waals surface area contributed by atoms with E-state index in [1.165, 1.54) is 6.92 Å². The van der Waals surface area contributed by atoms with Crippen molar-refractivity contribution in [2.24, 2.45) is 5.92 Å². The molecular weight excluding hydrogens is 264 g/mol. The van der Waals surface area contributed by atoms with E-state index in [2.05, 4.69) is 0 Å². The lowest BCUT2D eigenvalue weighted by Crippen LogP contribution is -2.27. The molecule has 0 bridgehead atoms. The first-order chi connectivity index (χ1) is 9.32. The van der Waals surface area contributed by atoms with Gasteiger partial charge in [-0.2, -0.15) is 0 Å². The number of nitrogens with zero attached hydrogens (tertiary/aromatic N) is 2. The Hall–Kier alpha value is -2.18. The van der Waals surface area contributed by atoms with Crippen LogP contribution in [0.25, 0.3) is 0 Å². The first-order valence-electron chi connectivity index (χ1n) is 6.33. The van der Waals surface area contributed by atoms with Gasteiger partial charge in [0.1, 0.15) is 6.54 Å². The van der Waals surface area contributed by atoms with Crippen molar-refractivity contribution in [3.05, 3.63) is 38.3 Å². The summed E-state index contributed by atoms with van der Waals surface area (Å²) in [5.74, 6) is -0.165. The lowest BCUT2D eigenvalue weighted by Gasteiger charge is -2.10. The van der Waals surface area contributed by atoms with E-state index >= 15 is 0 Å². The number of carbonyl (C=O) groups excluding carboxylic acids is 1. The van der Waals surface area contributed by atoms with Gasteiger partial charge in [-0.3, -0.25) is 24.3 Å². The summed E-state index contributed by atoms with van der Waals surface area (Å²) >= 11 is 0. The van der Waals surface area contributed by atoms with E-state index in [0.29, 0.717) is 5.92 Å². The highest BCUT2D eigenvalue weighted by molar-refractivity contribution is 5.69. The number of carbonyl (C=O) groups is 1. The second-order valence-corrected chi connectivity index (χ2v) is 4.89. The summed E-state index contributed by atoms with van der Waals surface area (Å²) in [5.41, 5.74) is -0.517. The van der Waals surface area contributed by atoms with E-state index in [4.69, 9.17) is 4.74 Å². The van der Waals surface area contributed by atoms with E-state index in [1.54, 1.807) is 0 Å². The van der Waals surface area contributed by atoms with Crippen LogP contribution in [0.5, 0.6) is 0 Å². The summed E-state index contributed by atoms with van der Waals surface area (Å²) in [5, 5.41) is 10.8. The number of hydrogen-bond acceptors (Lipinski definition) is 5. The normalized spacial score (nSPS) is 10.6. The molecule has 0 aliphatic rings. The molecule has 0 atom stereocenters. The Labute approximate surface area is 116 Å². The summed E-state index contributed by atoms with van der Waals surface area (Å²) in [6.07, 6.45) is 0.731. The van der Waals surface area contributed by atoms with Crippen LogP contribution in [0.15, 0.2) is 16.9 Å². The van der Waals surface area contributed by atoms with Crippen LogP contribution in [-0.2, 0) is 16.1 Å². The third-order valence-electron chi connectivity index (χ3n) is 2.87. The van der Waals surface area contributed by atoms with Crippen molar-refractivity contribution in [2.75, 3.05) is 6.61 Å². The van der Waals surface area contributed by atoms with Gasteiger partial charge in [-0.25, -0.2) is 0 Å². The Bertz CT molecular complexity index is 562. The molecule has 1 aromatic rings. The van der Waals surface area contributed by atoms with Gasteiger partial charge >= 0.3 is 5.97 Å². The first-order valence-corrected chi connectivity index (χ1v) is 6.33. The van der Waals surface area contributed by atoms with Crippen LogP contribution < -0.4 is 5.56 Å². The predicted molar refractivity (Wildman–Crippen MR) is 72.5 cm³/mol. The summed E-state index contributed by atoms with van der Waals surface area (Å²) < 4.78 is 6.05. The Morgan fingerprint density at radius 1 is 1.45 bits per heavy atom. The number of ether oxygens (including phenoxy) is 1. The zero-order chi connectivity index (χ0) is 15.3. The molecule has 7 nitrogen and oxygen atoms in total. The molecule has 20 heavy (non-hydrogen) atoms. The minimum Gasteiger partial charge on any atom is -0.464 e. The molecule has 1 rings (SSSR count). The molecule has 0 saturated carbocycles. The van der Waals surface area contributed by atoms with Gasteiger partial charge in [0.25, 0.3) is 11.2 Å². The number of hydrogen-bond donors (Lipinski definition) is 0. The molecule has 1 aromatic heterocycles. The summed E-state index contributed by atoms with van der Waals surface area (Å²) in [6, 6.07) is 2.21. The number of nitro groups is 1. The maximum atomic E-state index is 11.7. The van der Waals surface area contributed by atoms with Crippen LogP contribution in [0.4, 0.5) is 5.69 Å². The summed E-state index contributed by atoms with van der Waals surface area (Å²) in [4.78, 5) is 33.5. The van der Waals surface area contributed by atoms with E-state index in [0.717, 1.165) is 23.1 Å². The van der Waals surface area contributed by atoms with E-state index in [-0.39, 0.29) is 24.5 Å². The molecule has 110 valence electrons. The number of aromatic nitrogens is 1. The Morgan fingerprint density at radius 2 is 2.10 bits per heavy atom. The maximum Gasteiger partial charge on any atom is 0.326 e. The predicted octanol–water partition coefficient (Wildman–Crippen LogP) is 1.65. The van der Waals surface area contributed by atoms with Crippen LogP contribution >= 0.6 is 0 Å². The molecular formula is C13H18N2O5. The number of rotatable bonds is 6. The van der Waals surface area contributed by atoms with E-state index < -0.39 is 16.5 Å². The first kappa shape index (κ1) is 15.9. The van der Waals surface area contributed by atoms with Gasteiger partial charge < -0.3 is 4.74 Å². The molecule has 0 aliphatic carbocycles. The SMILES string of the molecule is Cc1c([N+](=O)[O-])ccc(=O)n1CC(=O)OCCC(C)C. The second kappa shape index (κ2) is 6.83. The highest BCUT2D eigenvalue weighted by Gasteiger charge is 2.17. The van der Waals surface area contributed by atoms with Crippen LogP contribution in [0.3, 0.4) is 0 Å². The van der Waals surface area contributed by atoms with Crippen LogP contribution in [-0.4, -0.2) is 22.1 Å². The fourth-order valence-corrected chi connectivity index (χ4v) is 1.64. The standard InChI is InChI=1S/C13H18N2O5/c1-9(2)6-7-20-13(17)8-14-10(3)11(15(18)19)4-5-12(14)16/h4-5,9H,6-8H2,1-3H3. The van der Waals surface area contributed by atoms with Crippen LogP contribution in [0.2, 0.25) is 0 Å². The number of esters is 1. The Kier molecular flexibility index (Phi) is 5.42. The molecule has 0 spiro atoms. The zero-order valence-electron chi connectivity index (χ0n) is 11.8. The molecule has 0 N–H and O–H groups in total. The van der Waals surface area contributed by atoms with E-state index in [1.807, 2.05) is 13.8 Å². The smallest absolute Gasteiger partial charge is 0.326 e. The van der Waals surface area contributed by atoms with Crippen molar-refractivity contribution in [1.82, 2.24) is 4.57 Å². The summed E-state index contributed by atoms with van der Waals surface area (Å²) in [6.45, 7) is 5.40. The van der Waals surface area contributed by atoms with Crippen LogP contribution in [0.1, 0.15) is 26.0 Å². The lowest BCUT2D eigenvalue weighted by molar-refractivity contribution is -0.386. The van der Waals surface area contributed by atoms with Gasteiger partial charge in [-0.1, -0.05) is 13.8 Å². The minimum atomic E-state index is -0.588. The quantitative estimate of drug-likeness (QED) is 0.449. The number of pyridine rings is 1. The van der Waals surface area contributed by atoms with Gasteiger partial charge in [-0.15, -0.1) is 0 Å². The third-order valence-corrected chi connectivity index (χ3v) is 2.87. The minimum absolute atomic E-state index is 0.142. The van der Waals surface area contributed by atoms with Crippen molar-refractivity contribution in [3.8, 4) is 0 Å². The van der Waals surface area contributed by atoms with Gasteiger partial charge in [0.05, 0.1) is 17.2 Å². The molecule has 0 aromatic carbocycles. The molecule has 0 aliphatic heterocycles. The Balaban J connectivity index is 2.82. The van der Waals surface area contributed by atoms with Crippen molar-refractivity contribution in [2.45, 2.75) is 33.7 Å². The van der Waals surface area contributed by atoms with Crippen LogP contribution in [0, 0.1) is 23.0 Å². The van der Waals surface area contributed by atoms with Gasteiger partial charge in [0.2, 0.25) is 0 Å².